The molecular weight excluding hydrogens is 679 g/mol. The maximum absolute atomic E-state index is 5.37. The van der Waals surface area contributed by atoms with Crippen LogP contribution in [0.5, 0.6) is 0 Å². The summed E-state index contributed by atoms with van der Waals surface area (Å²) in [7, 11) is 0. The fourth-order valence-corrected chi connectivity index (χ4v) is 9.13. The quantitative estimate of drug-likeness (QED) is 0.179. The number of pyridine rings is 1. The number of para-hydroxylation sites is 2. The molecule has 0 unspecified atom stereocenters. The molecule has 0 aliphatic carbocycles. The second kappa shape index (κ2) is 12.3. The average Bonchev–Trinajstić information content (AvgIpc) is 3.79. The van der Waals surface area contributed by atoms with Gasteiger partial charge in [-0.15, -0.1) is 11.3 Å². The van der Waals surface area contributed by atoms with Gasteiger partial charge in [-0.2, -0.15) is 0 Å². The van der Waals surface area contributed by atoms with Gasteiger partial charge in [0.1, 0.15) is 4.83 Å². The Labute approximate surface area is 314 Å². The summed E-state index contributed by atoms with van der Waals surface area (Å²) in [4.78, 5) is 21.4. The van der Waals surface area contributed by atoms with Crippen molar-refractivity contribution in [1.82, 2.24) is 24.5 Å². The zero-order chi connectivity index (χ0) is 35.6. The largest absolute Gasteiger partial charge is 0.301 e. The molecule has 54 heavy (non-hydrogen) atoms. The normalized spacial score (nSPS) is 11.7. The monoisotopic (exact) mass is 707 g/mol. The number of thiophene rings is 1. The van der Waals surface area contributed by atoms with Gasteiger partial charge in [0.15, 0.2) is 17.5 Å². The third-order valence-electron chi connectivity index (χ3n) is 10.3. The Morgan fingerprint density at radius 1 is 0.407 bits per heavy atom. The van der Waals surface area contributed by atoms with Crippen molar-refractivity contribution < 1.29 is 0 Å². The van der Waals surface area contributed by atoms with Gasteiger partial charge in [-0.1, -0.05) is 140 Å². The Hall–Kier alpha value is -7.02. The fraction of sp³-hybridized carbons (Fsp3) is 0. The Bertz CT molecular complexity index is 3140. The lowest BCUT2D eigenvalue weighted by Gasteiger charge is -2.11. The summed E-state index contributed by atoms with van der Waals surface area (Å²) >= 11 is 1.82. The van der Waals surface area contributed by atoms with Gasteiger partial charge in [-0.3, -0.25) is 0 Å². The molecule has 5 nitrogen and oxygen atoms in total. The van der Waals surface area contributed by atoms with Crippen LogP contribution >= 0.6 is 11.3 Å². The van der Waals surface area contributed by atoms with Gasteiger partial charge >= 0.3 is 0 Å². The van der Waals surface area contributed by atoms with Crippen LogP contribution in [0.3, 0.4) is 0 Å². The van der Waals surface area contributed by atoms with Crippen LogP contribution in [0.1, 0.15) is 0 Å². The van der Waals surface area contributed by atoms with Crippen molar-refractivity contribution in [2.75, 3.05) is 0 Å². The van der Waals surface area contributed by atoms with E-state index in [0.717, 1.165) is 39.2 Å². The molecule has 11 aromatic rings. The Kier molecular flexibility index (Phi) is 6.97. The zero-order valence-electron chi connectivity index (χ0n) is 28.9. The topological polar surface area (TPSA) is 56.5 Å². The molecule has 0 spiro atoms. The molecule has 0 aliphatic rings. The zero-order valence-corrected chi connectivity index (χ0v) is 29.7. The van der Waals surface area contributed by atoms with Crippen molar-refractivity contribution in [3.63, 3.8) is 0 Å². The minimum atomic E-state index is 0.635. The van der Waals surface area contributed by atoms with Crippen LogP contribution < -0.4 is 0 Å². The molecular formula is C48H29N5S. The van der Waals surface area contributed by atoms with Gasteiger partial charge in [-0.25, -0.2) is 19.9 Å². The third-order valence-corrected chi connectivity index (χ3v) is 11.4. The number of hydrogen-bond donors (Lipinski definition) is 0. The number of benzene rings is 7. The standard InChI is InChI=1S/C48H29N5S/c1-3-15-31(16-4-1)45-50-46(32-17-5-2-6-18-32)52-47(51-45)33-26-28-34(29-27-33)53-40-25-12-10-22-38(40)42-41-37-21-9-11-24-39(37)49-43(44(41)54-48(42)53)36-23-13-19-30-14-7-8-20-35(30)36/h1-29H. The van der Waals surface area contributed by atoms with Crippen LogP contribution in [-0.2, 0) is 0 Å². The molecule has 11 rings (SSSR count). The predicted molar refractivity (Wildman–Crippen MR) is 224 cm³/mol. The molecule has 0 bridgehead atoms. The molecule has 4 heterocycles. The highest BCUT2D eigenvalue weighted by Crippen LogP contribution is 2.48. The van der Waals surface area contributed by atoms with Gasteiger partial charge in [0.2, 0.25) is 0 Å². The van der Waals surface area contributed by atoms with E-state index < -0.39 is 0 Å². The molecule has 0 atom stereocenters. The van der Waals surface area contributed by atoms with E-state index in [-0.39, 0.29) is 0 Å². The van der Waals surface area contributed by atoms with Gasteiger partial charge in [0, 0.05) is 49.5 Å². The summed E-state index contributed by atoms with van der Waals surface area (Å²) in [6.07, 6.45) is 0. The average molecular weight is 708 g/mol. The highest BCUT2D eigenvalue weighted by atomic mass is 32.1. The van der Waals surface area contributed by atoms with E-state index >= 15 is 0 Å². The second-order valence-electron chi connectivity index (χ2n) is 13.4. The van der Waals surface area contributed by atoms with Crippen molar-refractivity contribution in [2.45, 2.75) is 0 Å². The first-order chi connectivity index (χ1) is 26.8. The van der Waals surface area contributed by atoms with E-state index in [1.54, 1.807) is 0 Å². The molecule has 6 heteroatoms. The molecule has 0 amide bonds. The smallest absolute Gasteiger partial charge is 0.164 e. The minimum absolute atomic E-state index is 0.635. The van der Waals surface area contributed by atoms with Gasteiger partial charge in [0.25, 0.3) is 0 Å². The number of nitrogens with zero attached hydrogens (tertiary/aromatic N) is 5. The van der Waals surface area contributed by atoms with Crippen LogP contribution in [-0.4, -0.2) is 24.5 Å². The summed E-state index contributed by atoms with van der Waals surface area (Å²) in [6, 6.07) is 61.2. The lowest BCUT2D eigenvalue weighted by Crippen LogP contribution is -2.00. The molecule has 0 aliphatic heterocycles. The lowest BCUT2D eigenvalue weighted by atomic mass is 9.99. The Balaban J connectivity index is 1.13. The van der Waals surface area contributed by atoms with Crippen LogP contribution in [0.4, 0.5) is 0 Å². The summed E-state index contributed by atoms with van der Waals surface area (Å²) in [5, 5.41) is 7.31. The number of rotatable bonds is 5. The Morgan fingerprint density at radius 2 is 0.963 bits per heavy atom. The molecule has 4 aromatic heterocycles. The van der Waals surface area contributed by atoms with Crippen molar-refractivity contribution in [2.24, 2.45) is 0 Å². The molecule has 7 aromatic carbocycles. The van der Waals surface area contributed by atoms with E-state index in [0.29, 0.717) is 17.5 Å². The van der Waals surface area contributed by atoms with Crippen LogP contribution in [0.25, 0.3) is 104 Å². The lowest BCUT2D eigenvalue weighted by molar-refractivity contribution is 1.07. The maximum Gasteiger partial charge on any atom is 0.164 e. The molecule has 252 valence electrons. The second-order valence-corrected chi connectivity index (χ2v) is 14.4. The maximum atomic E-state index is 5.37. The molecule has 0 saturated carbocycles. The minimum Gasteiger partial charge on any atom is -0.301 e. The highest BCUT2D eigenvalue weighted by molar-refractivity contribution is 7.26. The van der Waals surface area contributed by atoms with E-state index in [2.05, 4.69) is 120 Å². The van der Waals surface area contributed by atoms with Gasteiger partial charge < -0.3 is 4.57 Å². The highest BCUT2D eigenvalue weighted by Gasteiger charge is 2.23. The van der Waals surface area contributed by atoms with Gasteiger partial charge in [-0.05, 0) is 47.2 Å². The van der Waals surface area contributed by atoms with Crippen LogP contribution in [0, 0.1) is 0 Å². The van der Waals surface area contributed by atoms with E-state index in [1.165, 1.54) is 47.4 Å². The predicted octanol–water partition coefficient (Wildman–Crippen LogP) is 12.6. The summed E-state index contributed by atoms with van der Waals surface area (Å²) in [5.74, 6) is 1.93. The fourth-order valence-electron chi connectivity index (χ4n) is 7.76. The van der Waals surface area contributed by atoms with Crippen molar-refractivity contribution in [3.8, 4) is 51.1 Å². The molecule has 0 saturated heterocycles. The molecule has 0 fully saturated rings. The van der Waals surface area contributed by atoms with Crippen LogP contribution in [0.2, 0.25) is 0 Å². The van der Waals surface area contributed by atoms with Gasteiger partial charge in [0.05, 0.1) is 21.4 Å². The van der Waals surface area contributed by atoms with E-state index in [1.807, 2.05) is 72.0 Å². The Morgan fingerprint density at radius 3 is 1.67 bits per heavy atom. The summed E-state index contributed by atoms with van der Waals surface area (Å²) in [6.45, 7) is 0. The van der Waals surface area contributed by atoms with Crippen molar-refractivity contribution in [1.29, 1.82) is 0 Å². The first-order valence-corrected chi connectivity index (χ1v) is 18.8. The molecule has 0 radical (unpaired) electrons. The summed E-state index contributed by atoms with van der Waals surface area (Å²) in [5.41, 5.74) is 8.22. The number of aromatic nitrogens is 5. The van der Waals surface area contributed by atoms with E-state index in [4.69, 9.17) is 19.9 Å². The van der Waals surface area contributed by atoms with Crippen molar-refractivity contribution >= 4 is 64.2 Å². The summed E-state index contributed by atoms with van der Waals surface area (Å²) < 4.78 is 3.59. The third kappa shape index (κ3) is 4.85. The van der Waals surface area contributed by atoms with Crippen molar-refractivity contribution in [3.05, 3.63) is 176 Å². The first-order valence-electron chi connectivity index (χ1n) is 18.0. The van der Waals surface area contributed by atoms with E-state index in [9.17, 15) is 0 Å². The molecule has 0 N–H and O–H groups in total. The number of hydrogen-bond acceptors (Lipinski definition) is 5. The SMILES string of the molecule is c1ccc(-c2nc(-c3ccccc3)nc(-c3ccc(-n4c5ccccc5c5c6c(sc54)c(-c4cccc5ccccc45)nc4ccccc46)cc3)n2)cc1. The number of fused-ring (bicyclic) bond motifs is 8. The first kappa shape index (κ1) is 30.6. The van der Waals surface area contributed by atoms with Crippen LogP contribution in [0.15, 0.2) is 176 Å².